The van der Waals surface area contributed by atoms with Crippen molar-refractivity contribution in [1.82, 2.24) is 19.2 Å². The molecule has 0 atom stereocenters. The number of fused-ring (bicyclic) bond motifs is 1. The summed E-state index contributed by atoms with van der Waals surface area (Å²) in [6.07, 6.45) is 3.54. The molecule has 0 radical (unpaired) electrons. The number of imidazole rings is 1. The van der Waals surface area contributed by atoms with E-state index in [9.17, 15) is 4.79 Å². The standard InChI is InChI=1S/C15H16N4O2/c1-3-19-12(8-9-16-19)13-11-7-5-6-10-18(11)14(17-13)15(20)21-4-2/h5-10H,3-4H2,1-2H3. The van der Waals surface area contributed by atoms with E-state index in [1.807, 2.05) is 42.1 Å². The highest BCUT2D eigenvalue weighted by molar-refractivity contribution is 5.90. The van der Waals surface area contributed by atoms with Crippen molar-refractivity contribution in [2.24, 2.45) is 0 Å². The van der Waals surface area contributed by atoms with Crippen molar-refractivity contribution in [1.29, 1.82) is 0 Å². The molecule has 0 fully saturated rings. The second kappa shape index (κ2) is 5.40. The second-order valence-electron chi connectivity index (χ2n) is 4.49. The Morgan fingerprint density at radius 3 is 2.90 bits per heavy atom. The first kappa shape index (κ1) is 13.4. The summed E-state index contributed by atoms with van der Waals surface area (Å²) in [4.78, 5) is 16.6. The highest BCUT2D eigenvalue weighted by Crippen LogP contribution is 2.25. The third-order valence-electron chi connectivity index (χ3n) is 3.27. The zero-order valence-corrected chi connectivity index (χ0v) is 12.0. The lowest BCUT2D eigenvalue weighted by Gasteiger charge is -2.02. The molecule has 0 saturated carbocycles. The Kier molecular flexibility index (Phi) is 3.43. The third-order valence-corrected chi connectivity index (χ3v) is 3.27. The average molecular weight is 284 g/mol. The molecule has 0 aliphatic rings. The molecule has 0 unspecified atom stereocenters. The number of aromatic nitrogens is 4. The van der Waals surface area contributed by atoms with Gasteiger partial charge in [-0.1, -0.05) is 6.07 Å². The molecule has 3 aromatic heterocycles. The van der Waals surface area contributed by atoms with Crippen molar-refractivity contribution in [2.75, 3.05) is 6.61 Å². The van der Waals surface area contributed by atoms with Crippen LogP contribution in [0.1, 0.15) is 24.5 Å². The molecule has 21 heavy (non-hydrogen) atoms. The van der Waals surface area contributed by atoms with Crippen LogP contribution in [-0.4, -0.2) is 31.7 Å². The van der Waals surface area contributed by atoms with Crippen LogP contribution in [-0.2, 0) is 11.3 Å². The number of carbonyl (C=O) groups excluding carboxylic acids is 1. The van der Waals surface area contributed by atoms with E-state index in [1.54, 1.807) is 17.5 Å². The Morgan fingerprint density at radius 2 is 2.14 bits per heavy atom. The lowest BCUT2D eigenvalue weighted by molar-refractivity contribution is 0.0511. The quantitative estimate of drug-likeness (QED) is 0.690. The summed E-state index contributed by atoms with van der Waals surface area (Å²) in [7, 11) is 0. The topological polar surface area (TPSA) is 61.4 Å². The van der Waals surface area contributed by atoms with Gasteiger partial charge in [-0.2, -0.15) is 5.10 Å². The lowest BCUT2D eigenvalue weighted by atomic mass is 10.2. The summed E-state index contributed by atoms with van der Waals surface area (Å²) in [6, 6.07) is 7.60. The summed E-state index contributed by atoms with van der Waals surface area (Å²) in [6.45, 7) is 4.85. The predicted octanol–water partition coefficient (Wildman–Crippen LogP) is 2.39. The molecule has 3 heterocycles. The molecule has 0 aromatic carbocycles. The number of nitrogens with zero attached hydrogens (tertiary/aromatic N) is 4. The number of carbonyl (C=O) groups is 1. The van der Waals surface area contributed by atoms with Gasteiger partial charge in [0.1, 0.15) is 5.69 Å². The lowest BCUT2D eigenvalue weighted by Crippen LogP contribution is -2.09. The number of hydrogen-bond donors (Lipinski definition) is 0. The van der Waals surface area contributed by atoms with Crippen LogP contribution in [0.2, 0.25) is 0 Å². The van der Waals surface area contributed by atoms with Gasteiger partial charge in [-0.25, -0.2) is 9.78 Å². The molecule has 6 heteroatoms. The van der Waals surface area contributed by atoms with Crippen LogP contribution in [0, 0.1) is 0 Å². The summed E-state index contributed by atoms with van der Waals surface area (Å²) >= 11 is 0. The van der Waals surface area contributed by atoms with Crippen LogP contribution in [0.3, 0.4) is 0 Å². The summed E-state index contributed by atoms with van der Waals surface area (Å²) in [5, 5.41) is 4.26. The van der Waals surface area contributed by atoms with Gasteiger partial charge in [-0.05, 0) is 32.0 Å². The van der Waals surface area contributed by atoms with Gasteiger partial charge in [0.05, 0.1) is 17.8 Å². The fourth-order valence-corrected chi connectivity index (χ4v) is 2.35. The molecule has 0 amide bonds. The van der Waals surface area contributed by atoms with Crippen molar-refractivity contribution in [2.45, 2.75) is 20.4 Å². The van der Waals surface area contributed by atoms with Crippen molar-refractivity contribution in [3.8, 4) is 11.4 Å². The van der Waals surface area contributed by atoms with Crippen LogP contribution in [0.5, 0.6) is 0 Å². The van der Waals surface area contributed by atoms with Crippen LogP contribution in [0.25, 0.3) is 16.9 Å². The summed E-state index contributed by atoms with van der Waals surface area (Å²) < 4.78 is 8.68. The van der Waals surface area contributed by atoms with Crippen molar-refractivity contribution in [3.63, 3.8) is 0 Å². The van der Waals surface area contributed by atoms with Crippen LogP contribution in [0.15, 0.2) is 36.7 Å². The second-order valence-corrected chi connectivity index (χ2v) is 4.49. The van der Waals surface area contributed by atoms with Gasteiger partial charge in [0.25, 0.3) is 0 Å². The Hall–Kier alpha value is -2.63. The first-order valence-corrected chi connectivity index (χ1v) is 6.92. The molecule has 108 valence electrons. The Bertz CT molecular complexity index is 788. The SMILES string of the molecule is CCOC(=O)c1nc(-c2ccnn2CC)c2ccccn12. The number of aryl methyl sites for hydroxylation is 1. The molecule has 6 nitrogen and oxygen atoms in total. The van der Waals surface area contributed by atoms with E-state index in [-0.39, 0.29) is 5.82 Å². The van der Waals surface area contributed by atoms with Gasteiger partial charge >= 0.3 is 5.97 Å². The van der Waals surface area contributed by atoms with E-state index in [4.69, 9.17) is 4.74 Å². The maximum atomic E-state index is 12.1. The molecule has 3 aromatic rings. The summed E-state index contributed by atoms with van der Waals surface area (Å²) in [5.74, 6) is -0.140. The molecule has 0 aliphatic carbocycles. The monoisotopic (exact) mass is 284 g/mol. The van der Waals surface area contributed by atoms with Gasteiger partial charge in [-0.15, -0.1) is 0 Å². The van der Waals surface area contributed by atoms with E-state index < -0.39 is 5.97 Å². The maximum absolute atomic E-state index is 12.1. The molecule has 0 aliphatic heterocycles. The van der Waals surface area contributed by atoms with Crippen LogP contribution < -0.4 is 0 Å². The molecule has 0 bridgehead atoms. The number of hydrogen-bond acceptors (Lipinski definition) is 4. The first-order valence-electron chi connectivity index (χ1n) is 6.92. The van der Waals surface area contributed by atoms with E-state index in [1.165, 1.54) is 0 Å². The van der Waals surface area contributed by atoms with Crippen LogP contribution >= 0.6 is 0 Å². The zero-order chi connectivity index (χ0) is 14.8. The molecule has 0 saturated heterocycles. The average Bonchev–Trinajstić information content (AvgIpc) is 3.11. The van der Waals surface area contributed by atoms with E-state index >= 15 is 0 Å². The predicted molar refractivity (Wildman–Crippen MR) is 78.0 cm³/mol. The van der Waals surface area contributed by atoms with Gasteiger partial charge in [0.2, 0.25) is 5.82 Å². The molecular weight excluding hydrogens is 268 g/mol. The highest BCUT2D eigenvalue weighted by atomic mass is 16.5. The van der Waals surface area contributed by atoms with E-state index in [0.29, 0.717) is 6.61 Å². The normalized spacial score (nSPS) is 11.0. The largest absolute Gasteiger partial charge is 0.460 e. The Labute approximate surface area is 122 Å². The molecule has 3 rings (SSSR count). The van der Waals surface area contributed by atoms with Crippen molar-refractivity contribution in [3.05, 3.63) is 42.5 Å². The van der Waals surface area contributed by atoms with Gasteiger partial charge in [-0.3, -0.25) is 9.08 Å². The number of rotatable bonds is 4. The van der Waals surface area contributed by atoms with E-state index in [2.05, 4.69) is 10.1 Å². The van der Waals surface area contributed by atoms with Gasteiger partial charge in [0.15, 0.2) is 0 Å². The molecule has 0 spiro atoms. The van der Waals surface area contributed by atoms with Gasteiger partial charge in [0, 0.05) is 18.9 Å². The van der Waals surface area contributed by atoms with Crippen molar-refractivity contribution < 1.29 is 9.53 Å². The minimum atomic E-state index is -0.424. The fraction of sp³-hybridized carbons (Fsp3) is 0.267. The maximum Gasteiger partial charge on any atom is 0.374 e. The minimum absolute atomic E-state index is 0.284. The molecule has 0 N–H and O–H groups in total. The number of ether oxygens (including phenoxy) is 1. The first-order chi connectivity index (χ1) is 10.3. The Balaban J connectivity index is 2.22. The van der Waals surface area contributed by atoms with Gasteiger partial charge < -0.3 is 4.74 Å². The highest BCUT2D eigenvalue weighted by Gasteiger charge is 2.20. The Morgan fingerprint density at radius 1 is 1.29 bits per heavy atom. The van der Waals surface area contributed by atoms with Crippen molar-refractivity contribution >= 4 is 11.5 Å². The molecular formula is C15H16N4O2. The number of pyridine rings is 1. The summed E-state index contributed by atoms with van der Waals surface area (Å²) in [5.41, 5.74) is 2.48. The zero-order valence-electron chi connectivity index (χ0n) is 12.0. The minimum Gasteiger partial charge on any atom is -0.460 e. The third kappa shape index (κ3) is 2.18. The van der Waals surface area contributed by atoms with E-state index in [0.717, 1.165) is 23.4 Å². The van der Waals surface area contributed by atoms with Crippen LogP contribution in [0.4, 0.5) is 0 Å². The fourth-order valence-electron chi connectivity index (χ4n) is 2.35. The smallest absolute Gasteiger partial charge is 0.374 e. The number of esters is 1.